The zero-order chi connectivity index (χ0) is 25.5. The van der Waals surface area contributed by atoms with Crippen LogP contribution in [0.15, 0.2) is 85.1 Å². The average molecular weight is 483 g/mol. The molecule has 6 nitrogen and oxygen atoms in total. The topological polar surface area (TPSA) is 67.9 Å². The average Bonchev–Trinajstić information content (AvgIpc) is 3.13. The second-order valence-electron chi connectivity index (χ2n) is 8.57. The summed E-state index contributed by atoms with van der Waals surface area (Å²) in [6.45, 7) is 8.83. The number of carbonyl (C=O) groups excluding carboxylic acids is 2. The summed E-state index contributed by atoms with van der Waals surface area (Å²) in [5.41, 5.74) is 4.88. The Bertz CT molecular complexity index is 1280. The number of carbonyl (C=O) groups is 2. The number of aryl methyl sites for hydroxylation is 1. The van der Waals surface area contributed by atoms with Gasteiger partial charge in [0.05, 0.1) is 13.2 Å². The molecule has 4 rings (SSSR count). The number of allylic oxidation sites excluding steroid dienone is 1. The van der Waals surface area contributed by atoms with Crippen molar-refractivity contribution in [1.82, 2.24) is 10.2 Å². The SMILES string of the molecule is C=CCc1cc(/C=C2/NC(=O)N(Cc3ccc(C)cc3)C2=O)cc(OCC)c1OCc1ccccc1. The van der Waals surface area contributed by atoms with Crippen LogP contribution in [0.5, 0.6) is 11.5 Å². The van der Waals surface area contributed by atoms with Gasteiger partial charge < -0.3 is 14.8 Å². The van der Waals surface area contributed by atoms with Crippen molar-refractivity contribution in [3.63, 3.8) is 0 Å². The third-order valence-corrected chi connectivity index (χ3v) is 5.78. The molecule has 0 aromatic heterocycles. The predicted molar refractivity (Wildman–Crippen MR) is 141 cm³/mol. The number of urea groups is 1. The van der Waals surface area contributed by atoms with Crippen LogP contribution in [-0.2, 0) is 24.4 Å². The fourth-order valence-corrected chi connectivity index (χ4v) is 3.99. The fourth-order valence-electron chi connectivity index (χ4n) is 3.99. The van der Waals surface area contributed by atoms with E-state index in [1.165, 1.54) is 4.90 Å². The molecule has 184 valence electrons. The summed E-state index contributed by atoms with van der Waals surface area (Å²) in [5, 5.41) is 2.70. The molecule has 0 aliphatic carbocycles. The predicted octanol–water partition coefficient (Wildman–Crippen LogP) is 5.79. The van der Waals surface area contributed by atoms with Crippen molar-refractivity contribution in [3.05, 3.63) is 113 Å². The van der Waals surface area contributed by atoms with Crippen molar-refractivity contribution in [2.75, 3.05) is 6.61 Å². The van der Waals surface area contributed by atoms with Gasteiger partial charge in [0.25, 0.3) is 5.91 Å². The van der Waals surface area contributed by atoms with Crippen LogP contribution in [0.25, 0.3) is 6.08 Å². The molecular formula is C30H30N2O4. The third kappa shape index (κ3) is 5.84. The van der Waals surface area contributed by atoms with E-state index >= 15 is 0 Å². The Morgan fingerprint density at radius 2 is 1.72 bits per heavy atom. The Hall–Kier alpha value is -4.32. The minimum Gasteiger partial charge on any atom is -0.490 e. The standard InChI is InChI=1S/C30H30N2O4/c1-4-9-25-16-24(18-27(35-5-2)28(25)36-20-23-10-7-6-8-11-23)17-26-29(33)32(30(34)31-26)19-22-14-12-21(3)13-15-22/h4,6-8,10-18H,1,5,9,19-20H2,2-3H3,(H,31,34)/b26-17+. The maximum Gasteiger partial charge on any atom is 0.329 e. The minimum absolute atomic E-state index is 0.209. The molecule has 1 aliphatic rings. The highest BCUT2D eigenvalue weighted by Gasteiger charge is 2.33. The van der Waals surface area contributed by atoms with Crippen molar-refractivity contribution < 1.29 is 19.1 Å². The molecule has 1 saturated heterocycles. The van der Waals surface area contributed by atoms with Gasteiger partial charge in [-0.1, -0.05) is 66.2 Å². The monoisotopic (exact) mass is 482 g/mol. The van der Waals surface area contributed by atoms with Gasteiger partial charge in [-0.05, 0) is 55.2 Å². The van der Waals surface area contributed by atoms with Gasteiger partial charge in [0.2, 0.25) is 0 Å². The molecule has 3 aromatic carbocycles. The van der Waals surface area contributed by atoms with Crippen LogP contribution in [0, 0.1) is 6.92 Å². The first-order chi connectivity index (χ1) is 17.5. The molecule has 0 unspecified atom stereocenters. The molecule has 1 heterocycles. The van der Waals surface area contributed by atoms with Gasteiger partial charge in [0.1, 0.15) is 12.3 Å². The number of nitrogens with one attached hydrogen (secondary N) is 1. The number of amides is 3. The van der Waals surface area contributed by atoms with Gasteiger partial charge in [0.15, 0.2) is 11.5 Å². The normalized spacial score (nSPS) is 14.2. The zero-order valence-electron chi connectivity index (χ0n) is 20.6. The Morgan fingerprint density at radius 3 is 2.42 bits per heavy atom. The Balaban J connectivity index is 1.61. The van der Waals surface area contributed by atoms with Crippen LogP contribution in [0.4, 0.5) is 4.79 Å². The van der Waals surface area contributed by atoms with Crippen LogP contribution in [0.3, 0.4) is 0 Å². The highest BCUT2D eigenvalue weighted by atomic mass is 16.5. The van der Waals surface area contributed by atoms with Crippen LogP contribution < -0.4 is 14.8 Å². The van der Waals surface area contributed by atoms with Crippen molar-refractivity contribution in [3.8, 4) is 11.5 Å². The fraction of sp³-hybridized carbons (Fsp3) is 0.200. The highest BCUT2D eigenvalue weighted by molar-refractivity contribution is 6.13. The molecule has 0 atom stereocenters. The lowest BCUT2D eigenvalue weighted by atomic mass is 10.0. The van der Waals surface area contributed by atoms with E-state index in [1.807, 2.05) is 80.6 Å². The summed E-state index contributed by atoms with van der Waals surface area (Å²) in [7, 11) is 0. The number of nitrogens with zero attached hydrogens (tertiary/aromatic N) is 1. The Morgan fingerprint density at radius 1 is 0.972 bits per heavy atom. The summed E-state index contributed by atoms with van der Waals surface area (Å²) in [4.78, 5) is 26.8. The molecule has 0 spiro atoms. The summed E-state index contributed by atoms with van der Waals surface area (Å²) in [6.07, 6.45) is 4.02. The highest BCUT2D eigenvalue weighted by Crippen LogP contribution is 2.35. The Kier molecular flexibility index (Phi) is 7.85. The first-order valence-corrected chi connectivity index (χ1v) is 12.0. The largest absolute Gasteiger partial charge is 0.490 e. The smallest absolute Gasteiger partial charge is 0.329 e. The molecule has 1 fully saturated rings. The van der Waals surface area contributed by atoms with Gasteiger partial charge in [-0.2, -0.15) is 0 Å². The number of hydrogen-bond acceptors (Lipinski definition) is 4. The first-order valence-electron chi connectivity index (χ1n) is 12.0. The molecule has 6 heteroatoms. The van der Waals surface area contributed by atoms with Gasteiger partial charge in [-0.25, -0.2) is 4.79 Å². The van der Waals surface area contributed by atoms with E-state index < -0.39 is 6.03 Å². The van der Waals surface area contributed by atoms with E-state index in [1.54, 1.807) is 12.2 Å². The zero-order valence-corrected chi connectivity index (χ0v) is 20.6. The van der Waals surface area contributed by atoms with Crippen molar-refractivity contribution in [2.24, 2.45) is 0 Å². The van der Waals surface area contributed by atoms with Gasteiger partial charge in [0, 0.05) is 5.56 Å². The molecule has 3 aromatic rings. The minimum atomic E-state index is -0.439. The molecule has 36 heavy (non-hydrogen) atoms. The van der Waals surface area contributed by atoms with Crippen molar-refractivity contribution >= 4 is 18.0 Å². The quantitative estimate of drug-likeness (QED) is 0.225. The molecule has 1 aliphatic heterocycles. The van der Waals surface area contributed by atoms with E-state index in [-0.39, 0.29) is 18.1 Å². The van der Waals surface area contributed by atoms with Gasteiger partial charge in [-0.3, -0.25) is 9.69 Å². The number of benzene rings is 3. The van der Waals surface area contributed by atoms with Gasteiger partial charge in [-0.15, -0.1) is 6.58 Å². The van der Waals surface area contributed by atoms with Crippen LogP contribution in [0.1, 0.15) is 34.7 Å². The third-order valence-electron chi connectivity index (χ3n) is 5.78. The van der Waals surface area contributed by atoms with E-state index in [0.717, 1.165) is 27.8 Å². The van der Waals surface area contributed by atoms with E-state index in [9.17, 15) is 9.59 Å². The summed E-state index contributed by atoms with van der Waals surface area (Å²) >= 11 is 0. The van der Waals surface area contributed by atoms with Crippen LogP contribution >= 0.6 is 0 Å². The summed E-state index contributed by atoms with van der Waals surface area (Å²) in [6, 6.07) is 21.0. The first kappa shape index (κ1) is 24.8. The molecule has 1 N–H and O–H groups in total. The molecule has 0 saturated carbocycles. The number of rotatable bonds is 10. The van der Waals surface area contributed by atoms with E-state index in [4.69, 9.17) is 9.47 Å². The number of imide groups is 1. The lowest BCUT2D eigenvalue weighted by Crippen LogP contribution is -2.30. The van der Waals surface area contributed by atoms with Crippen LogP contribution in [-0.4, -0.2) is 23.4 Å². The second kappa shape index (κ2) is 11.4. The summed E-state index contributed by atoms with van der Waals surface area (Å²) < 4.78 is 12.1. The maximum atomic E-state index is 13.0. The van der Waals surface area contributed by atoms with Crippen LogP contribution in [0.2, 0.25) is 0 Å². The number of hydrogen-bond donors (Lipinski definition) is 1. The van der Waals surface area contributed by atoms with E-state index in [2.05, 4.69) is 11.9 Å². The lowest BCUT2D eigenvalue weighted by molar-refractivity contribution is -0.123. The maximum absolute atomic E-state index is 13.0. The molecular weight excluding hydrogens is 452 g/mol. The summed E-state index contributed by atoms with van der Waals surface area (Å²) in [5.74, 6) is 0.853. The van der Waals surface area contributed by atoms with Crippen molar-refractivity contribution in [1.29, 1.82) is 0 Å². The number of ether oxygens (including phenoxy) is 2. The molecule has 0 bridgehead atoms. The Labute approximate surface area is 211 Å². The van der Waals surface area contributed by atoms with Gasteiger partial charge >= 0.3 is 6.03 Å². The lowest BCUT2D eigenvalue weighted by Gasteiger charge is -2.17. The molecule has 0 radical (unpaired) electrons. The molecule has 3 amide bonds. The van der Waals surface area contributed by atoms with E-state index in [0.29, 0.717) is 31.1 Å². The van der Waals surface area contributed by atoms with Crippen molar-refractivity contribution in [2.45, 2.75) is 33.4 Å². The second-order valence-corrected chi connectivity index (χ2v) is 8.57.